The first-order chi connectivity index (χ1) is 27.3. The number of nitriles is 1. The SMILES string of the molecule is C[Si](C)(C)CCOCn1ccnc1CC(C#N)(CNCc1ccc(CN2CCC3(CCN(C4CCCCC4)CC3)C2)cc1)Cc1nccn1COCC[Si](C)(C)C. The lowest BCUT2D eigenvalue weighted by atomic mass is 9.77. The highest BCUT2D eigenvalue weighted by Gasteiger charge is 2.41. The fourth-order valence-corrected chi connectivity index (χ4v) is 10.6. The minimum Gasteiger partial charge on any atom is -0.361 e. The van der Waals surface area contributed by atoms with E-state index in [9.17, 15) is 5.26 Å². The highest BCUT2D eigenvalue weighted by atomic mass is 28.3. The van der Waals surface area contributed by atoms with Gasteiger partial charge in [-0.05, 0) is 80.4 Å². The molecular formula is C45H74N8O2Si2. The predicted molar refractivity (Wildman–Crippen MR) is 236 cm³/mol. The van der Waals surface area contributed by atoms with Crippen molar-refractivity contribution in [2.45, 2.75) is 148 Å². The average Bonchev–Trinajstić information content (AvgIpc) is 3.93. The molecule has 0 unspecified atom stereocenters. The molecular weight excluding hydrogens is 741 g/mol. The third kappa shape index (κ3) is 13.4. The minimum atomic E-state index is -1.19. The van der Waals surface area contributed by atoms with Gasteiger partial charge < -0.3 is 28.8 Å². The van der Waals surface area contributed by atoms with E-state index in [1.807, 2.05) is 24.8 Å². The van der Waals surface area contributed by atoms with Crippen molar-refractivity contribution in [3.05, 3.63) is 71.8 Å². The zero-order valence-corrected chi connectivity index (χ0v) is 38.4. The largest absolute Gasteiger partial charge is 0.361 e. The molecule has 314 valence electrons. The Morgan fingerprint density at radius 2 is 1.33 bits per heavy atom. The van der Waals surface area contributed by atoms with Gasteiger partial charge in [-0.2, -0.15) is 5.26 Å². The van der Waals surface area contributed by atoms with Gasteiger partial charge >= 0.3 is 0 Å². The van der Waals surface area contributed by atoms with Crippen LogP contribution in [0.15, 0.2) is 49.1 Å². The molecule has 10 nitrogen and oxygen atoms in total. The minimum absolute atomic E-state index is 0.443. The highest BCUT2D eigenvalue weighted by Crippen LogP contribution is 2.42. The zero-order chi connectivity index (χ0) is 40.4. The lowest BCUT2D eigenvalue weighted by Gasteiger charge is -2.43. The monoisotopic (exact) mass is 815 g/mol. The molecule has 4 heterocycles. The average molecular weight is 815 g/mol. The summed E-state index contributed by atoms with van der Waals surface area (Å²) in [7, 11) is -2.39. The molecule has 0 radical (unpaired) electrons. The van der Waals surface area contributed by atoms with Crippen LogP contribution in [0.1, 0.15) is 74.1 Å². The van der Waals surface area contributed by atoms with Crippen molar-refractivity contribution in [1.82, 2.24) is 34.2 Å². The number of rotatable bonds is 21. The maximum absolute atomic E-state index is 11.0. The van der Waals surface area contributed by atoms with Gasteiger partial charge in [0.05, 0.1) is 11.5 Å². The molecule has 2 saturated heterocycles. The van der Waals surface area contributed by atoms with Gasteiger partial charge in [-0.15, -0.1) is 0 Å². The second-order valence-corrected chi connectivity index (χ2v) is 31.5. The fraction of sp³-hybridized carbons (Fsp3) is 0.711. The van der Waals surface area contributed by atoms with Crippen molar-refractivity contribution in [1.29, 1.82) is 5.26 Å². The number of piperidine rings is 1. The summed E-state index contributed by atoms with van der Waals surface area (Å²) in [4.78, 5) is 15.0. The normalized spacial score (nSPS) is 18.8. The lowest BCUT2D eigenvalue weighted by Crippen LogP contribution is -2.46. The Morgan fingerprint density at radius 1 is 0.789 bits per heavy atom. The number of nitrogens with zero attached hydrogens (tertiary/aromatic N) is 7. The zero-order valence-electron chi connectivity index (χ0n) is 36.4. The van der Waals surface area contributed by atoms with Gasteiger partial charge in [0.1, 0.15) is 25.1 Å². The predicted octanol–water partition coefficient (Wildman–Crippen LogP) is 8.41. The molecule has 1 saturated carbocycles. The summed E-state index contributed by atoms with van der Waals surface area (Å²) < 4.78 is 16.3. The first kappa shape index (κ1) is 43.9. The van der Waals surface area contributed by atoms with E-state index in [0.29, 0.717) is 44.8 Å². The van der Waals surface area contributed by atoms with Crippen LogP contribution in [0.2, 0.25) is 51.4 Å². The first-order valence-corrected chi connectivity index (χ1v) is 29.5. The molecule has 3 aliphatic rings. The van der Waals surface area contributed by atoms with Crippen LogP contribution in [0.4, 0.5) is 0 Å². The van der Waals surface area contributed by atoms with Gasteiger partial charge in [0.25, 0.3) is 0 Å². The quantitative estimate of drug-likeness (QED) is 0.0847. The molecule has 2 aromatic heterocycles. The van der Waals surface area contributed by atoms with E-state index in [1.165, 1.54) is 88.7 Å². The Labute approximate surface area is 346 Å². The third-order valence-corrected chi connectivity index (χ3v) is 16.4. The molecule has 1 aromatic carbocycles. The summed E-state index contributed by atoms with van der Waals surface area (Å²) >= 11 is 0. The van der Waals surface area contributed by atoms with Gasteiger partial charge in [-0.25, -0.2) is 9.97 Å². The summed E-state index contributed by atoms with van der Waals surface area (Å²) in [6.07, 6.45) is 19.8. The smallest absolute Gasteiger partial charge is 0.123 e. The molecule has 0 atom stereocenters. The van der Waals surface area contributed by atoms with Crippen molar-refractivity contribution in [3.8, 4) is 6.07 Å². The molecule has 57 heavy (non-hydrogen) atoms. The number of aromatic nitrogens is 4. The van der Waals surface area contributed by atoms with Gasteiger partial charge in [0, 0.05) is 99.2 Å². The Morgan fingerprint density at radius 3 is 1.88 bits per heavy atom. The van der Waals surface area contributed by atoms with Crippen LogP contribution < -0.4 is 5.32 Å². The van der Waals surface area contributed by atoms with Crippen LogP contribution in [-0.2, 0) is 48.9 Å². The fourth-order valence-electron chi connectivity index (χ4n) is 9.09. The van der Waals surface area contributed by atoms with Gasteiger partial charge in [-0.1, -0.05) is 82.8 Å². The topological polar surface area (TPSA) is 96.4 Å². The molecule has 6 rings (SSSR count). The summed E-state index contributed by atoms with van der Waals surface area (Å²) in [6.45, 7) is 23.9. The second kappa shape index (κ2) is 20.1. The molecule has 12 heteroatoms. The van der Waals surface area contributed by atoms with Crippen LogP contribution >= 0.6 is 0 Å². The summed E-state index contributed by atoms with van der Waals surface area (Å²) in [5, 5.41) is 14.7. The van der Waals surface area contributed by atoms with E-state index in [4.69, 9.17) is 19.4 Å². The van der Waals surface area contributed by atoms with Crippen LogP contribution in [-0.4, -0.2) is 97.0 Å². The molecule has 1 aliphatic carbocycles. The Kier molecular flexibility index (Phi) is 15.5. The van der Waals surface area contributed by atoms with E-state index < -0.39 is 21.6 Å². The second-order valence-electron chi connectivity index (χ2n) is 20.3. The maximum atomic E-state index is 11.0. The van der Waals surface area contributed by atoms with E-state index in [-0.39, 0.29) is 0 Å². The number of hydrogen-bond acceptors (Lipinski definition) is 8. The molecule has 0 amide bonds. The van der Waals surface area contributed by atoms with Crippen molar-refractivity contribution in [2.24, 2.45) is 10.8 Å². The standard InChI is InChI=1S/C45H74N8O2Si2/c1-56(2,3)28-26-54-37-52-24-19-48-42(52)30-45(34-46,31-43-49-20-25-53(43)38-55-27-29-57(4,5)6)35-47-32-39-12-14-40(15-13-39)33-50-21-16-44(36-50)17-22-51(23-18-44)41-10-8-7-9-11-41/h12-15,19-20,24-25,41,47H,7-11,16-18,21-23,26-33,35-38H2,1-6H3. The van der Waals surface area contributed by atoms with Crippen LogP contribution in [0.25, 0.3) is 0 Å². The Hall–Kier alpha value is -2.64. The number of hydrogen-bond donors (Lipinski definition) is 1. The van der Waals surface area contributed by atoms with Gasteiger partial charge in [0.15, 0.2) is 0 Å². The number of imidazole rings is 2. The molecule has 3 fully saturated rings. The molecule has 2 aliphatic heterocycles. The summed E-state index contributed by atoms with van der Waals surface area (Å²) in [6, 6.07) is 15.0. The van der Waals surface area contributed by atoms with Gasteiger partial charge in [0.2, 0.25) is 0 Å². The van der Waals surface area contributed by atoms with E-state index in [0.717, 1.165) is 49.5 Å². The van der Waals surface area contributed by atoms with Crippen molar-refractivity contribution < 1.29 is 9.47 Å². The van der Waals surface area contributed by atoms with Crippen LogP contribution in [0.3, 0.4) is 0 Å². The van der Waals surface area contributed by atoms with Crippen LogP contribution in [0.5, 0.6) is 0 Å². The number of benzene rings is 1. The molecule has 0 bridgehead atoms. The van der Waals surface area contributed by atoms with Gasteiger partial charge in [-0.3, -0.25) is 4.90 Å². The number of nitrogens with one attached hydrogen (secondary N) is 1. The van der Waals surface area contributed by atoms with E-state index >= 15 is 0 Å². The first-order valence-electron chi connectivity index (χ1n) is 22.1. The summed E-state index contributed by atoms with van der Waals surface area (Å²) in [5.41, 5.74) is 2.37. The number of ether oxygens (including phenoxy) is 2. The van der Waals surface area contributed by atoms with E-state index in [1.54, 1.807) is 0 Å². The van der Waals surface area contributed by atoms with Crippen molar-refractivity contribution >= 4 is 16.1 Å². The molecule has 3 aromatic rings. The van der Waals surface area contributed by atoms with Crippen LogP contribution in [0, 0.1) is 22.2 Å². The molecule has 1 spiro atoms. The van der Waals surface area contributed by atoms with Crippen molar-refractivity contribution in [3.63, 3.8) is 0 Å². The lowest BCUT2D eigenvalue weighted by molar-refractivity contribution is 0.0615. The van der Waals surface area contributed by atoms with E-state index in [2.05, 4.69) is 93.9 Å². The Bertz CT molecular complexity index is 1630. The number of likely N-dealkylation sites (tertiary alicyclic amines) is 2. The maximum Gasteiger partial charge on any atom is 0.123 e. The van der Waals surface area contributed by atoms with Crippen molar-refractivity contribution in [2.75, 3.05) is 45.9 Å². The Balaban J connectivity index is 1.04. The summed E-state index contributed by atoms with van der Waals surface area (Å²) in [5.74, 6) is 1.72. The third-order valence-electron chi connectivity index (χ3n) is 13.0. The highest BCUT2D eigenvalue weighted by molar-refractivity contribution is 6.76. The molecule has 1 N–H and O–H groups in total.